The second-order valence-electron chi connectivity index (χ2n) is 5.22. The molecule has 23 heavy (non-hydrogen) atoms. The minimum absolute atomic E-state index is 0.0224. The van der Waals surface area contributed by atoms with Gasteiger partial charge in [-0.05, 0) is 36.8 Å². The van der Waals surface area contributed by atoms with Crippen molar-refractivity contribution in [2.75, 3.05) is 0 Å². The number of carbonyl (C=O) groups is 1. The zero-order valence-electron chi connectivity index (χ0n) is 12.6. The summed E-state index contributed by atoms with van der Waals surface area (Å²) in [6.45, 7) is 1.95. The third kappa shape index (κ3) is 2.77. The molecular formula is C17H14BrN3O2. The standard InChI is InChI=1S/C17H14BrN3O2/c1-10-8-12(18)9-13-14(17(23)21(2)15(10)13)19-20-16(22)11-6-4-3-5-7-11/h3-9,23H,1-2H3. The van der Waals surface area contributed by atoms with Crippen molar-refractivity contribution in [2.45, 2.75) is 6.92 Å². The molecule has 0 radical (unpaired) electrons. The molecule has 1 aromatic heterocycles. The Hall–Kier alpha value is -2.47. The first kappa shape index (κ1) is 15.4. The van der Waals surface area contributed by atoms with Crippen LogP contribution in [0.2, 0.25) is 0 Å². The minimum Gasteiger partial charge on any atom is -0.493 e. The Morgan fingerprint density at radius 3 is 2.61 bits per heavy atom. The van der Waals surface area contributed by atoms with E-state index < -0.39 is 5.91 Å². The van der Waals surface area contributed by atoms with Crippen LogP contribution in [0, 0.1) is 6.92 Å². The third-order valence-corrected chi connectivity index (χ3v) is 4.10. The van der Waals surface area contributed by atoms with Crippen molar-refractivity contribution >= 4 is 38.4 Å². The number of rotatable bonds is 2. The zero-order valence-corrected chi connectivity index (χ0v) is 14.2. The lowest BCUT2D eigenvalue weighted by atomic mass is 10.1. The van der Waals surface area contributed by atoms with Gasteiger partial charge in [0.05, 0.1) is 5.52 Å². The number of aromatic hydroxyl groups is 1. The van der Waals surface area contributed by atoms with Crippen LogP contribution in [0.25, 0.3) is 10.9 Å². The van der Waals surface area contributed by atoms with E-state index in [-0.39, 0.29) is 11.6 Å². The molecule has 0 bridgehead atoms. The van der Waals surface area contributed by atoms with Crippen LogP contribution in [-0.4, -0.2) is 15.6 Å². The summed E-state index contributed by atoms with van der Waals surface area (Å²) in [5.74, 6) is -0.473. The monoisotopic (exact) mass is 371 g/mol. The summed E-state index contributed by atoms with van der Waals surface area (Å²) in [6.07, 6.45) is 0. The molecule has 1 amide bonds. The van der Waals surface area contributed by atoms with Gasteiger partial charge in [-0.3, -0.25) is 4.79 Å². The van der Waals surface area contributed by atoms with Crippen molar-refractivity contribution in [1.29, 1.82) is 0 Å². The number of halogens is 1. The Morgan fingerprint density at radius 1 is 1.22 bits per heavy atom. The van der Waals surface area contributed by atoms with Gasteiger partial charge in [-0.2, -0.15) is 0 Å². The molecule has 2 aromatic carbocycles. The summed E-state index contributed by atoms with van der Waals surface area (Å²) in [5.41, 5.74) is 2.58. The van der Waals surface area contributed by atoms with Crippen LogP contribution in [0.15, 0.2) is 57.2 Å². The molecule has 1 heterocycles. The predicted molar refractivity (Wildman–Crippen MR) is 92.3 cm³/mol. The Balaban J connectivity index is 2.09. The third-order valence-electron chi connectivity index (χ3n) is 3.65. The molecule has 0 saturated heterocycles. The van der Waals surface area contributed by atoms with Crippen molar-refractivity contribution < 1.29 is 9.90 Å². The van der Waals surface area contributed by atoms with E-state index in [4.69, 9.17) is 0 Å². The van der Waals surface area contributed by atoms with Crippen molar-refractivity contribution in [1.82, 2.24) is 4.57 Å². The topological polar surface area (TPSA) is 66.9 Å². The molecule has 0 aliphatic rings. The van der Waals surface area contributed by atoms with Gasteiger partial charge in [0, 0.05) is 22.5 Å². The molecule has 5 nitrogen and oxygen atoms in total. The highest BCUT2D eigenvalue weighted by Crippen LogP contribution is 2.40. The highest BCUT2D eigenvalue weighted by Gasteiger charge is 2.17. The maximum Gasteiger partial charge on any atom is 0.295 e. The van der Waals surface area contributed by atoms with E-state index in [1.807, 2.05) is 25.1 Å². The summed E-state index contributed by atoms with van der Waals surface area (Å²) in [5, 5.41) is 18.8. The van der Waals surface area contributed by atoms with Crippen LogP contribution in [0.3, 0.4) is 0 Å². The number of carbonyl (C=O) groups excluding carboxylic acids is 1. The molecule has 0 unspecified atom stereocenters. The average molecular weight is 372 g/mol. The maximum atomic E-state index is 12.0. The second kappa shape index (κ2) is 5.96. The van der Waals surface area contributed by atoms with E-state index in [9.17, 15) is 9.90 Å². The molecule has 0 atom stereocenters. The van der Waals surface area contributed by atoms with Crippen molar-refractivity contribution in [3.05, 3.63) is 58.1 Å². The Morgan fingerprint density at radius 2 is 1.91 bits per heavy atom. The van der Waals surface area contributed by atoms with Crippen LogP contribution in [-0.2, 0) is 7.05 Å². The van der Waals surface area contributed by atoms with Crippen molar-refractivity contribution in [2.24, 2.45) is 17.3 Å². The lowest BCUT2D eigenvalue weighted by Gasteiger charge is -2.01. The van der Waals surface area contributed by atoms with Gasteiger partial charge in [0.1, 0.15) is 0 Å². The molecule has 6 heteroatoms. The maximum absolute atomic E-state index is 12.0. The summed E-state index contributed by atoms with van der Waals surface area (Å²) < 4.78 is 2.51. The number of hydrogen-bond acceptors (Lipinski definition) is 3. The Labute approximate surface area is 141 Å². The van der Waals surface area contributed by atoms with Crippen molar-refractivity contribution in [3.63, 3.8) is 0 Å². The van der Waals surface area contributed by atoms with Gasteiger partial charge >= 0.3 is 0 Å². The summed E-state index contributed by atoms with van der Waals surface area (Å²) in [7, 11) is 1.75. The second-order valence-corrected chi connectivity index (χ2v) is 6.14. The Bertz CT molecular complexity index is 930. The molecule has 0 saturated carbocycles. The lowest BCUT2D eigenvalue weighted by molar-refractivity contribution is 0.0995. The number of fused-ring (bicyclic) bond motifs is 1. The molecule has 0 aliphatic heterocycles. The minimum atomic E-state index is -0.450. The fourth-order valence-electron chi connectivity index (χ4n) is 2.58. The van der Waals surface area contributed by atoms with Gasteiger partial charge in [-0.1, -0.05) is 34.1 Å². The van der Waals surface area contributed by atoms with Gasteiger partial charge < -0.3 is 9.67 Å². The molecule has 116 valence electrons. The zero-order chi connectivity index (χ0) is 16.6. The first-order valence-corrected chi connectivity index (χ1v) is 7.77. The first-order chi connectivity index (χ1) is 11.0. The van der Waals surface area contributed by atoms with Crippen LogP contribution in [0.1, 0.15) is 15.9 Å². The predicted octanol–water partition coefficient (Wildman–Crippen LogP) is 4.88. The SMILES string of the molecule is Cc1cc(Br)cc2c(N=NC(=O)c3ccccc3)c(O)n(C)c12. The smallest absolute Gasteiger partial charge is 0.295 e. The molecule has 0 aliphatic carbocycles. The summed E-state index contributed by atoms with van der Waals surface area (Å²) in [4.78, 5) is 12.0. The molecule has 0 spiro atoms. The van der Waals surface area contributed by atoms with Gasteiger partial charge in [-0.15, -0.1) is 10.2 Å². The van der Waals surface area contributed by atoms with Crippen molar-refractivity contribution in [3.8, 4) is 5.88 Å². The van der Waals surface area contributed by atoms with Gasteiger partial charge in [0.15, 0.2) is 5.69 Å². The van der Waals surface area contributed by atoms with Gasteiger partial charge in [0.25, 0.3) is 5.91 Å². The lowest BCUT2D eigenvalue weighted by Crippen LogP contribution is -1.91. The largest absolute Gasteiger partial charge is 0.493 e. The number of nitrogens with zero attached hydrogens (tertiary/aromatic N) is 3. The number of hydrogen-bond donors (Lipinski definition) is 1. The van der Waals surface area contributed by atoms with Crippen LogP contribution in [0.5, 0.6) is 5.88 Å². The number of aromatic nitrogens is 1. The normalized spacial score (nSPS) is 11.4. The van der Waals surface area contributed by atoms with E-state index in [0.29, 0.717) is 5.56 Å². The van der Waals surface area contributed by atoms with Crippen LogP contribution < -0.4 is 0 Å². The molecule has 0 fully saturated rings. The first-order valence-electron chi connectivity index (χ1n) is 6.97. The molecule has 1 N–H and O–H groups in total. The number of aryl methyl sites for hydroxylation is 2. The molecule has 3 aromatic rings. The van der Waals surface area contributed by atoms with Crippen LogP contribution in [0.4, 0.5) is 5.69 Å². The quantitative estimate of drug-likeness (QED) is 0.652. The summed E-state index contributed by atoms with van der Waals surface area (Å²) in [6, 6.07) is 12.5. The van der Waals surface area contributed by atoms with Gasteiger partial charge in [0.2, 0.25) is 5.88 Å². The van der Waals surface area contributed by atoms with E-state index >= 15 is 0 Å². The highest BCUT2D eigenvalue weighted by molar-refractivity contribution is 9.10. The fraction of sp³-hybridized carbons (Fsp3) is 0.118. The Kier molecular flexibility index (Phi) is 4.00. The van der Waals surface area contributed by atoms with E-state index in [0.717, 1.165) is 20.9 Å². The molecule has 3 rings (SSSR count). The van der Waals surface area contributed by atoms with Gasteiger partial charge in [-0.25, -0.2) is 0 Å². The average Bonchev–Trinajstić information content (AvgIpc) is 2.77. The fourth-order valence-corrected chi connectivity index (χ4v) is 3.15. The molecular weight excluding hydrogens is 358 g/mol. The number of amides is 1. The van der Waals surface area contributed by atoms with E-state index in [2.05, 4.69) is 26.2 Å². The number of azo groups is 1. The van der Waals surface area contributed by atoms with E-state index in [1.54, 1.807) is 35.9 Å². The highest BCUT2D eigenvalue weighted by atomic mass is 79.9. The van der Waals surface area contributed by atoms with Crippen LogP contribution >= 0.6 is 15.9 Å². The number of benzene rings is 2. The van der Waals surface area contributed by atoms with E-state index in [1.165, 1.54) is 0 Å². The summed E-state index contributed by atoms with van der Waals surface area (Å²) >= 11 is 3.44.